The molecule has 0 saturated heterocycles. The standard InChI is InChI=1S/C15H18N2OS2/c1-4-9-20-15(19)13-11(3)16-17(14(13)18)12-7-5-10(2)6-8-12/h5-8,18H,4,9H2,1-3H3. The number of aryl methyl sites for hydroxylation is 2. The van der Waals surface area contributed by atoms with Gasteiger partial charge in [0.05, 0.1) is 21.1 Å². The van der Waals surface area contributed by atoms with Crippen molar-refractivity contribution >= 4 is 28.2 Å². The molecule has 0 aliphatic carbocycles. The van der Waals surface area contributed by atoms with E-state index in [0.29, 0.717) is 9.76 Å². The summed E-state index contributed by atoms with van der Waals surface area (Å²) >= 11 is 6.98. The number of thiocarbonyl (C=S) groups is 1. The second kappa shape index (κ2) is 6.41. The van der Waals surface area contributed by atoms with Gasteiger partial charge in [0.1, 0.15) is 0 Å². The van der Waals surface area contributed by atoms with Crippen LogP contribution in [0.5, 0.6) is 5.88 Å². The quantitative estimate of drug-likeness (QED) is 0.866. The first-order valence-corrected chi connectivity index (χ1v) is 7.96. The first-order chi connectivity index (χ1) is 9.54. The van der Waals surface area contributed by atoms with Crippen molar-refractivity contribution in [3.8, 4) is 11.6 Å². The molecule has 0 bridgehead atoms. The largest absolute Gasteiger partial charge is 0.493 e. The molecule has 2 aromatic rings. The summed E-state index contributed by atoms with van der Waals surface area (Å²) in [7, 11) is 0. The molecule has 0 atom stereocenters. The van der Waals surface area contributed by atoms with Crippen LogP contribution in [0.25, 0.3) is 5.69 Å². The molecule has 1 heterocycles. The highest BCUT2D eigenvalue weighted by molar-refractivity contribution is 8.23. The van der Waals surface area contributed by atoms with Crippen molar-refractivity contribution in [2.45, 2.75) is 27.2 Å². The number of benzene rings is 1. The molecule has 1 aromatic heterocycles. The summed E-state index contributed by atoms with van der Waals surface area (Å²) in [6.45, 7) is 6.01. The van der Waals surface area contributed by atoms with Crippen molar-refractivity contribution in [3.05, 3.63) is 41.1 Å². The number of thioether (sulfide) groups is 1. The van der Waals surface area contributed by atoms with Gasteiger partial charge in [0.25, 0.3) is 0 Å². The Morgan fingerprint density at radius 3 is 2.55 bits per heavy atom. The average molecular weight is 306 g/mol. The molecule has 106 valence electrons. The Bertz CT molecular complexity index is 618. The lowest BCUT2D eigenvalue weighted by Crippen LogP contribution is -1.97. The smallest absolute Gasteiger partial charge is 0.223 e. The minimum absolute atomic E-state index is 0.125. The lowest BCUT2D eigenvalue weighted by Gasteiger charge is -2.05. The van der Waals surface area contributed by atoms with Gasteiger partial charge in [-0.3, -0.25) is 0 Å². The molecular weight excluding hydrogens is 288 g/mol. The summed E-state index contributed by atoms with van der Waals surface area (Å²) in [6, 6.07) is 7.87. The molecular formula is C15H18N2OS2. The number of nitrogens with zero attached hydrogens (tertiary/aromatic N) is 2. The highest BCUT2D eigenvalue weighted by Crippen LogP contribution is 2.29. The molecule has 0 spiro atoms. The lowest BCUT2D eigenvalue weighted by atomic mass is 10.2. The number of aromatic hydroxyl groups is 1. The Morgan fingerprint density at radius 2 is 1.95 bits per heavy atom. The first kappa shape index (κ1) is 15.1. The van der Waals surface area contributed by atoms with Crippen LogP contribution in [0, 0.1) is 13.8 Å². The third-order valence-corrected chi connectivity index (χ3v) is 4.59. The summed E-state index contributed by atoms with van der Waals surface area (Å²) in [5.41, 5.74) is 3.45. The highest BCUT2D eigenvalue weighted by Gasteiger charge is 2.19. The highest BCUT2D eigenvalue weighted by atomic mass is 32.2. The molecule has 0 fully saturated rings. The van der Waals surface area contributed by atoms with Gasteiger partial charge in [0.15, 0.2) is 0 Å². The van der Waals surface area contributed by atoms with Crippen molar-refractivity contribution in [2.75, 3.05) is 5.75 Å². The van der Waals surface area contributed by atoms with E-state index < -0.39 is 0 Å². The Hall–Kier alpha value is -1.33. The van der Waals surface area contributed by atoms with E-state index in [9.17, 15) is 5.11 Å². The van der Waals surface area contributed by atoms with Crippen molar-refractivity contribution < 1.29 is 5.11 Å². The SMILES string of the molecule is CCCSC(=S)c1c(C)nn(-c2ccc(C)cc2)c1O. The minimum Gasteiger partial charge on any atom is -0.493 e. The molecule has 20 heavy (non-hydrogen) atoms. The number of rotatable bonds is 4. The third-order valence-electron chi connectivity index (χ3n) is 2.96. The van der Waals surface area contributed by atoms with E-state index in [0.717, 1.165) is 23.6 Å². The van der Waals surface area contributed by atoms with Gasteiger partial charge in [-0.1, -0.05) is 36.8 Å². The van der Waals surface area contributed by atoms with E-state index in [-0.39, 0.29) is 5.88 Å². The van der Waals surface area contributed by atoms with Gasteiger partial charge < -0.3 is 5.11 Å². The molecule has 0 unspecified atom stereocenters. The lowest BCUT2D eigenvalue weighted by molar-refractivity contribution is 0.433. The van der Waals surface area contributed by atoms with Crippen molar-refractivity contribution in [3.63, 3.8) is 0 Å². The van der Waals surface area contributed by atoms with Crippen LogP contribution in [0.2, 0.25) is 0 Å². The molecule has 5 heteroatoms. The van der Waals surface area contributed by atoms with Crippen LogP contribution in [0.3, 0.4) is 0 Å². The van der Waals surface area contributed by atoms with Crippen molar-refractivity contribution in [1.29, 1.82) is 0 Å². The predicted molar refractivity (Wildman–Crippen MR) is 89.2 cm³/mol. The van der Waals surface area contributed by atoms with Gasteiger partial charge >= 0.3 is 0 Å². The van der Waals surface area contributed by atoms with Gasteiger partial charge in [-0.2, -0.15) is 5.10 Å². The topological polar surface area (TPSA) is 38.0 Å². The van der Waals surface area contributed by atoms with Gasteiger partial charge in [-0.25, -0.2) is 4.68 Å². The van der Waals surface area contributed by atoms with E-state index in [2.05, 4.69) is 12.0 Å². The monoisotopic (exact) mass is 306 g/mol. The number of aromatic nitrogens is 2. The van der Waals surface area contributed by atoms with E-state index in [1.54, 1.807) is 16.4 Å². The summed E-state index contributed by atoms with van der Waals surface area (Å²) in [4.78, 5) is 0. The first-order valence-electron chi connectivity index (χ1n) is 6.57. The molecule has 0 radical (unpaired) electrons. The van der Waals surface area contributed by atoms with E-state index in [4.69, 9.17) is 12.2 Å². The molecule has 1 N–H and O–H groups in total. The molecule has 2 rings (SSSR count). The van der Waals surface area contributed by atoms with Crippen molar-refractivity contribution in [2.24, 2.45) is 0 Å². The normalized spacial score (nSPS) is 10.8. The summed E-state index contributed by atoms with van der Waals surface area (Å²) in [5, 5.41) is 14.8. The van der Waals surface area contributed by atoms with Gasteiger partial charge in [0.2, 0.25) is 5.88 Å². The summed E-state index contributed by atoms with van der Waals surface area (Å²) < 4.78 is 2.25. The van der Waals surface area contributed by atoms with Crippen LogP contribution in [0.1, 0.15) is 30.2 Å². The molecule has 0 aliphatic heterocycles. The maximum atomic E-state index is 10.4. The van der Waals surface area contributed by atoms with Crippen LogP contribution in [0.15, 0.2) is 24.3 Å². The van der Waals surface area contributed by atoms with E-state index in [1.807, 2.05) is 38.1 Å². The van der Waals surface area contributed by atoms with Crippen molar-refractivity contribution in [1.82, 2.24) is 9.78 Å². The third kappa shape index (κ3) is 3.04. The number of hydrogen-bond donors (Lipinski definition) is 1. The fourth-order valence-corrected chi connectivity index (χ4v) is 3.15. The molecule has 1 aromatic carbocycles. The zero-order chi connectivity index (χ0) is 14.7. The second-order valence-corrected chi connectivity index (χ2v) is 6.44. The maximum absolute atomic E-state index is 10.4. The van der Waals surface area contributed by atoms with Crippen LogP contribution >= 0.6 is 24.0 Å². The molecule has 0 saturated carbocycles. The zero-order valence-electron chi connectivity index (χ0n) is 11.9. The summed E-state index contributed by atoms with van der Waals surface area (Å²) in [6.07, 6.45) is 1.05. The van der Waals surface area contributed by atoms with Crippen LogP contribution in [-0.2, 0) is 0 Å². The van der Waals surface area contributed by atoms with Crippen LogP contribution in [0.4, 0.5) is 0 Å². The predicted octanol–water partition coefficient (Wildman–Crippen LogP) is 4.01. The average Bonchev–Trinajstić information content (AvgIpc) is 2.72. The minimum atomic E-state index is 0.125. The molecule has 0 aliphatic rings. The Kier molecular flexibility index (Phi) is 4.83. The van der Waals surface area contributed by atoms with Gasteiger partial charge in [-0.05, 0) is 38.2 Å². The van der Waals surface area contributed by atoms with Crippen LogP contribution < -0.4 is 0 Å². The van der Waals surface area contributed by atoms with E-state index in [1.165, 1.54) is 5.56 Å². The Labute approximate surface area is 129 Å². The second-order valence-electron chi connectivity index (χ2n) is 4.67. The number of hydrogen-bond acceptors (Lipinski definition) is 4. The zero-order valence-corrected chi connectivity index (χ0v) is 13.5. The Balaban J connectivity index is 2.38. The maximum Gasteiger partial charge on any atom is 0.223 e. The molecule has 0 amide bonds. The fraction of sp³-hybridized carbons (Fsp3) is 0.333. The van der Waals surface area contributed by atoms with Gasteiger partial charge in [0, 0.05) is 0 Å². The van der Waals surface area contributed by atoms with Gasteiger partial charge in [-0.15, -0.1) is 11.8 Å². The molecule has 3 nitrogen and oxygen atoms in total. The summed E-state index contributed by atoms with van der Waals surface area (Å²) in [5.74, 6) is 1.08. The Morgan fingerprint density at radius 1 is 1.30 bits per heavy atom. The van der Waals surface area contributed by atoms with Crippen LogP contribution in [-0.4, -0.2) is 24.8 Å². The fourth-order valence-electron chi connectivity index (χ4n) is 1.89. The van der Waals surface area contributed by atoms with E-state index >= 15 is 0 Å².